The second-order valence-electron chi connectivity index (χ2n) is 18.8. The molecule has 5 aromatic rings. The topological polar surface area (TPSA) is 148 Å². The summed E-state index contributed by atoms with van der Waals surface area (Å²) in [7, 11) is 1.42. The Bertz CT molecular complexity index is 2350. The fraction of sp³-hybridized carbons (Fsp3) is 0.458. The van der Waals surface area contributed by atoms with Gasteiger partial charge in [0.15, 0.2) is 31.1 Å². The van der Waals surface area contributed by atoms with E-state index in [1.54, 1.807) is 24.3 Å². The average Bonchev–Trinajstić information content (AvgIpc) is 3.43. The molecule has 12 atom stereocenters. The van der Waals surface area contributed by atoms with Crippen molar-refractivity contribution in [2.24, 2.45) is 0 Å². The van der Waals surface area contributed by atoms with E-state index in [0.29, 0.717) is 25.1 Å². The highest BCUT2D eigenvalue weighted by atomic mass is 16.8. The van der Waals surface area contributed by atoms with Gasteiger partial charge in [0, 0.05) is 24.6 Å². The molecule has 3 fully saturated rings. The smallest absolute Gasteiger partial charge is 0.338 e. The third kappa shape index (κ3) is 15.8. The number of ether oxygens (including phenoxy) is 11. The number of methoxy groups -OCH3 is 1. The van der Waals surface area contributed by atoms with Crippen LogP contribution in [0.4, 0.5) is 0 Å². The number of benzene rings is 5. The third-order valence-electron chi connectivity index (χ3n) is 13.4. The molecule has 3 aliphatic rings. The number of carbonyl (C=O) groups is 2. The lowest BCUT2D eigenvalue weighted by Gasteiger charge is -2.51. The van der Waals surface area contributed by atoms with E-state index in [1.807, 2.05) is 134 Å². The van der Waals surface area contributed by atoms with Crippen LogP contribution in [-0.2, 0) is 76.7 Å². The zero-order valence-corrected chi connectivity index (χ0v) is 42.2. The first kappa shape index (κ1) is 53.9. The molecule has 0 aromatic heterocycles. The largest absolute Gasteiger partial charge is 0.469 e. The van der Waals surface area contributed by atoms with Gasteiger partial charge in [0.05, 0.1) is 51.8 Å². The van der Waals surface area contributed by atoms with Gasteiger partial charge in [-0.05, 0) is 55.5 Å². The van der Waals surface area contributed by atoms with Crippen molar-refractivity contribution in [2.75, 3.05) is 26.9 Å². The van der Waals surface area contributed by atoms with Crippen molar-refractivity contribution in [3.05, 3.63) is 179 Å². The molecule has 0 aliphatic carbocycles. The van der Waals surface area contributed by atoms with Crippen molar-refractivity contribution in [1.82, 2.24) is 5.32 Å². The summed E-state index contributed by atoms with van der Waals surface area (Å²) >= 11 is 0. The molecular weight excluding hydrogens is 931 g/mol. The van der Waals surface area contributed by atoms with Crippen LogP contribution >= 0.6 is 0 Å². The Morgan fingerprint density at radius 3 is 1.78 bits per heavy atom. The maximum Gasteiger partial charge on any atom is 0.338 e. The second-order valence-corrected chi connectivity index (χ2v) is 18.8. The van der Waals surface area contributed by atoms with Crippen molar-refractivity contribution in [2.45, 2.75) is 146 Å². The maximum atomic E-state index is 14.3. The summed E-state index contributed by atoms with van der Waals surface area (Å²) in [6, 6.07) is 48.5. The molecule has 8 rings (SSSR count). The predicted molar refractivity (Wildman–Crippen MR) is 272 cm³/mol. The summed E-state index contributed by atoms with van der Waals surface area (Å²) in [5, 5.41) is 3.58. The Hall–Kier alpha value is -5.36. The summed E-state index contributed by atoms with van der Waals surface area (Å²) in [6.45, 7) is 5.70. The molecule has 0 radical (unpaired) electrons. The second kappa shape index (κ2) is 28.3. The van der Waals surface area contributed by atoms with E-state index in [0.717, 1.165) is 54.4 Å². The lowest BCUT2D eigenvalue weighted by molar-refractivity contribution is -0.395. The van der Waals surface area contributed by atoms with Crippen LogP contribution in [-0.4, -0.2) is 106 Å². The Balaban J connectivity index is 1.09. The summed E-state index contributed by atoms with van der Waals surface area (Å²) in [5.41, 5.74) is 4.06. The number of unbranched alkanes of at least 4 members (excludes halogenated alkanes) is 3. The Kier molecular flexibility index (Phi) is 20.9. The highest BCUT2D eigenvalue weighted by Crippen LogP contribution is 2.40. The lowest BCUT2D eigenvalue weighted by atomic mass is 9.95. The van der Waals surface area contributed by atoms with Gasteiger partial charge >= 0.3 is 11.9 Å². The van der Waals surface area contributed by atoms with Crippen molar-refractivity contribution < 1.29 is 61.7 Å². The highest BCUT2D eigenvalue weighted by Gasteiger charge is 2.56. The Morgan fingerprint density at radius 1 is 0.603 bits per heavy atom. The monoisotopic (exact) mass is 1000 g/mol. The van der Waals surface area contributed by atoms with Gasteiger partial charge in [-0.3, -0.25) is 4.79 Å². The summed E-state index contributed by atoms with van der Waals surface area (Å²) < 4.78 is 72.7. The molecule has 0 bridgehead atoms. The molecule has 3 saturated heterocycles. The van der Waals surface area contributed by atoms with E-state index < -0.39 is 73.7 Å². The Labute approximate surface area is 429 Å². The van der Waals surface area contributed by atoms with Gasteiger partial charge < -0.3 is 57.4 Å². The number of carbonyl (C=O) groups excluding carboxylic acids is 2. The van der Waals surface area contributed by atoms with E-state index >= 15 is 0 Å². The number of rotatable bonds is 26. The van der Waals surface area contributed by atoms with Crippen LogP contribution in [0.15, 0.2) is 152 Å². The van der Waals surface area contributed by atoms with Crippen LogP contribution in [0.25, 0.3) is 0 Å². The molecule has 1 N–H and O–H groups in total. The highest BCUT2D eigenvalue weighted by molar-refractivity contribution is 5.89. The minimum absolute atomic E-state index is 0.126. The van der Waals surface area contributed by atoms with Gasteiger partial charge in [0.25, 0.3) is 0 Å². The molecule has 3 aliphatic heterocycles. The predicted octanol–water partition coefficient (Wildman–Crippen LogP) is 9.45. The molecule has 390 valence electrons. The standard InChI is InChI=1S/C59H71NO13/c1-41(23-11-4-5-22-34-49(61)63-3)60-35-36-64-58-55(53(71-56(62)46-30-18-9-19-31-46)51-48(70-58)40-68-57(72-51)47-32-20-10-21-33-47)73-59-54(67-39-45-28-16-8-17-29-45)52(66-38-44-26-14-7-15-27-44)50(42(2)69-59)65-37-43-24-12-6-13-25-43/h6-10,12-21,24-33,41-42,48,50-55,57-60H,4-5,11,22-23,34-40H2,1-3H3/t41?,42-,48+,50+,51-,52+,53-,54-,55+,57?,58+,59-/m0/s1. The molecule has 2 unspecified atom stereocenters. The van der Waals surface area contributed by atoms with Crippen molar-refractivity contribution >= 4 is 11.9 Å². The molecule has 0 saturated carbocycles. The number of hydrogen-bond donors (Lipinski definition) is 1. The fourth-order valence-electron chi connectivity index (χ4n) is 9.40. The van der Waals surface area contributed by atoms with E-state index in [2.05, 4.69) is 12.2 Å². The summed E-state index contributed by atoms with van der Waals surface area (Å²) in [6.07, 6.45) is -4.37. The first-order chi connectivity index (χ1) is 35.8. The molecular formula is C59H71NO13. The van der Waals surface area contributed by atoms with Gasteiger partial charge in [0.2, 0.25) is 0 Å². The third-order valence-corrected chi connectivity index (χ3v) is 13.4. The number of fused-ring (bicyclic) bond motifs is 1. The van der Waals surface area contributed by atoms with Crippen LogP contribution in [0, 0.1) is 0 Å². The van der Waals surface area contributed by atoms with Gasteiger partial charge in [-0.15, -0.1) is 0 Å². The first-order valence-electron chi connectivity index (χ1n) is 25.8. The number of nitrogens with one attached hydrogen (secondary N) is 1. The van der Waals surface area contributed by atoms with Crippen LogP contribution < -0.4 is 5.32 Å². The molecule has 73 heavy (non-hydrogen) atoms. The Morgan fingerprint density at radius 2 is 1.16 bits per heavy atom. The molecule has 14 heteroatoms. The van der Waals surface area contributed by atoms with Gasteiger partial charge in [-0.2, -0.15) is 0 Å². The first-order valence-corrected chi connectivity index (χ1v) is 25.8. The van der Waals surface area contributed by atoms with E-state index in [-0.39, 0.29) is 38.4 Å². The molecule has 5 aromatic carbocycles. The zero-order chi connectivity index (χ0) is 50.6. The minimum Gasteiger partial charge on any atom is -0.469 e. The molecule has 0 amide bonds. The van der Waals surface area contributed by atoms with Crippen molar-refractivity contribution in [1.29, 1.82) is 0 Å². The van der Waals surface area contributed by atoms with Crippen LogP contribution in [0.5, 0.6) is 0 Å². The van der Waals surface area contributed by atoms with Gasteiger partial charge in [-0.25, -0.2) is 4.79 Å². The lowest BCUT2D eigenvalue weighted by Crippen LogP contribution is -2.67. The zero-order valence-electron chi connectivity index (χ0n) is 42.2. The SMILES string of the molecule is COC(=O)CCCCCCC(C)NCCO[C@@H]1O[C@@H]2COC(c3ccccc3)O[C@@H]2[C@H](OC(=O)c2ccccc2)[C@H]1O[C@@H]1O[C@@H](C)[C@@H](OCc2ccccc2)[C@@H](OCc2ccccc2)[C@@H]1OCc1ccccc1. The van der Waals surface area contributed by atoms with E-state index in [1.165, 1.54) is 7.11 Å². The van der Waals surface area contributed by atoms with Crippen LogP contribution in [0.1, 0.15) is 91.3 Å². The quantitative estimate of drug-likeness (QED) is 0.0414. The van der Waals surface area contributed by atoms with Crippen LogP contribution in [0.2, 0.25) is 0 Å². The summed E-state index contributed by atoms with van der Waals surface area (Å²) in [4.78, 5) is 25.9. The molecule has 0 spiro atoms. The van der Waals surface area contributed by atoms with Crippen molar-refractivity contribution in [3.63, 3.8) is 0 Å². The maximum absolute atomic E-state index is 14.3. The number of esters is 2. The van der Waals surface area contributed by atoms with Gasteiger partial charge in [0.1, 0.15) is 30.5 Å². The summed E-state index contributed by atoms with van der Waals surface area (Å²) in [5.74, 6) is -0.744. The van der Waals surface area contributed by atoms with Gasteiger partial charge in [-0.1, -0.05) is 159 Å². The number of hydrogen-bond acceptors (Lipinski definition) is 14. The minimum atomic E-state index is -1.12. The fourth-order valence-corrected chi connectivity index (χ4v) is 9.40. The molecule has 3 heterocycles. The van der Waals surface area contributed by atoms with Crippen LogP contribution in [0.3, 0.4) is 0 Å². The average molecular weight is 1000 g/mol. The van der Waals surface area contributed by atoms with Crippen molar-refractivity contribution in [3.8, 4) is 0 Å². The normalized spacial score (nSPS) is 26.3. The van der Waals surface area contributed by atoms with E-state index in [9.17, 15) is 9.59 Å². The molecule has 14 nitrogen and oxygen atoms in total. The van der Waals surface area contributed by atoms with E-state index in [4.69, 9.17) is 52.1 Å².